The number of carbonyl (C=O) groups is 2. The van der Waals surface area contributed by atoms with Crippen LogP contribution in [0.4, 0.5) is 5.69 Å². The van der Waals surface area contributed by atoms with E-state index in [4.69, 9.17) is 21.1 Å². The van der Waals surface area contributed by atoms with E-state index in [1.165, 1.54) is 26.5 Å². The molecule has 8 heteroatoms. The second kappa shape index (κ2) is 10.5. The fourth-order valence-electron chi connectivity index (χ4n) is 2.86. The van der Waals surface area contributed by atoms with Gasteiger partial charge in [-0.1, -0.05) is 41.4 Å². The summed E-state index contributed by atoms with van der Waals surface area (Å²) in [5, 5.41) is 7.07. The average molecular weight is 452 g/mol. The molecule has 0 aliphatic carbocycles. The van der Waals surface area contributed by atoms with Crippen molar-refractivity contribution in [3.05, 3.63) is 87.9 Å². The number of rotatable bonds is 7. The Balaban J connectivity index is 1.77. The number of halogens is 1. The molecule has 0 unspecified atom stereocenters. The summed E-state index contributed by atoms with van der Waals surface area (Å²) in [6.45, 7) is 1.99. The number of carbonyl (C=O) groups excluding carboxylic acids is 2. The highest BCUT2D eigenvalue weighted by atomic mass is 35.5. The van der Waals surface area contributed by atoms with Crippen LogP contribution in [0.1, 0.15) is 31.8 Å². The largest absolute Gasteiger partial charge is 0.493 e. The molecule has 32 heavy (non-hydrogen) atoms. The second-order valence-electron chi connectivity index (χ2n) is 6.82. The molecule has 0 atom stereocenters. The molecule has 0 spiro atoms. The van der Waals surface area contributed by atoms with Crippen LogP contribution >= 0.6 is 11.6 Å². The van der Waals surface area contributed by atoms with Gasteiger partial charge in [-0.25, -0.2) is 5.43 Å². The van der Waals surface area contributed by atoms with E-state index in [0.717, 1.165) is 11.1 Å². The molecule has 0 fully saturated rings. The van der Waals surface area contributed by atoms with Gasteiger partial charge in [-0.05, 0) is 48.9 Å². The molecule has 0 aromatic heterocycles. The fourth-order valence-corrected chi connectivity index (χ4v) is 3.04. The summed E-state index contributed by atoms with van der Waals surface area (Å²) in [6, 6.07) is 17.0. The first-order valence-electron chi connectivity index (χ1n) is 9.64. The van der Waals surface area contributed by atoms with Crippen LogP contribution in [-0.2, 0) is 0 Å². The summed E-state index contributed by atoms with van der Waals surface area (Å²) < 4.78 is 10.4. The summed E-state index contributed by atoms with van der Waals surface area (Å²) in [4.78, 5) is 25.5. The summed E-state index contributed by atoms with van der Waals surface area (Å²) in [5.74, 6) is -0.0225. The van der Waals surface area contributed by atoms with Crippen LogP contribution in [0.15, 0.2) is 65.8 Å². The van der Waals surface area contributed by atoms with Crippen molar-refractivity contribution in [1.82, 2.24) is 5.43 Å². The first-order chi connectivity index (χ1) is 15.4. The van der Waals surface area contributed by atoms with Crippen molar-refractivity contribution in [2.75, 3.05) is 19.5 Å². The van der Waals surface area contributed by atoms with Crippen LogP contribution in [0.2, 0.25) is 5.02 Å². The molecular formula is C24H22ClN3O4. The van der Waals surface area contributed by atoms with Crippen molar-refractivity contribution in [3.8, 4) is 11.5 Å². The molecule has 0 saturated heterocycles. The van der Waals surface area contributed by atoms with Crippen molar-refractivity contribution >= 4 is 35.3 Å². The predicted octanol–water partition coefficient (Wildman–Crippen LogP) is 4.68. The summed E-state index contributed by atoms with van der Waals surface area (Å²) in [6.07, 6.45) is 1.53. The summed E-state index contributed by atoms with van der Waals surface area (Å²) >= 11 is 6.07. The van der Waals surface area contributed by atoms with Gasteiger partial charge in [-0.15, -0.1) is 0 Å². The third-order valence-electron chi connectivity index (χ3n) is 4.58. The number of ether oxygens (including phenoxy) is 2. The lowest BCUT2D eigenvalue weighted by molar-refractivity contribution is 0.0956. The van der Waals surface area contributed by atoms with Gasteiger partial charge in [0.05, 0.1) is 31.7 Å². The molecule has 0 aliphatic heterocycles. The van der Waals surface area contributed by atoms with Crippen molar-refractivity contribution in [3.63, 3.8) is 0 Å². The highest BCUT2D eigenvalue weighted by Crippen LogP contribution is 2.28. The van der Waals surface area contributed by atoms with Gasteiger partial charge in [0.15, 0.2) is 11.5 Å². The van der Waals surface area contributed by atoms with Gasteiger partial charge in [0, 0.05) is 10.6 Å². The normalized spacial score (nSPS) is 10.6. The average Bonchev–Trinajstić information content (AvgIpc) is 2.80. The SMILES string of the molecule is COc1ccc(C(=O)Nc2ccc(Cl)cc2C(=O)N/N=C/c2ccc(C)cc2)cc1OC. The quantitative estimate of drug-likeness (QED) is 0.403. The van der Waals surface area contributed by atoms with Crippen LogP contribution in [0.25, 0.3) is 0 Å². The van der Waals surface area contributed by atoms with Gasteiger partial charge in [0.1, 0.15) is 0 Å². The highest BCUT2D eigenvalue weighted by molar-refractivity contribution is 6.31. The fraction of sp³-hybridized carbons (Fsp3) is 0.125. The minimum absolute atomic E-state index is 0.174. The highest BCUT2D eigenvalue weighted by Gasteiger charge is 2.16. The number of hydrogen-bond acceptors (Lipinski definition) is 5. The Labute approximate surface area is 191 Å². The van der Waals surface area contributed by atoms with Crippen LogP contribution < -0.4 is 20.2 Å². The lowest BCUT2D eigenvalue weighted by Gasteiger charge is -2.12. The molecular weight excluding hydrogens is 430 g/mol. The Morgan fingerprint density at radius 3 is 2.31 bits per heavy atom. The predicted molar refractivity (Wildman–Crippen MR) is 125 cm³/mol. The van der Waals surface area contributed by atoms with Crippen molar-refractivity contribution in [2.24, 2.45) is 5.10 Å². The Morgan fingerprint density at radius 1 is 0.906 bits per heavy atom. The summed E-state index contributed by atoms with van der Waals surface area (Å²) in [7, 11) is 3.00. The number of anilines is 1. The van der Waals surface area contributed by atoms with E-state index in [0.29, 0.717) is 22.1 Å². The molecule has 0 bridgehead atoms. The third kappa shape index (κ3) is 5.65. The molecule has 0 saturated carbocycles. The number of hydrazone groups is 1. The minimum atomic E-state index is -0.515. The molecule has 0 aliphatic rings. The van der Waals surface area contributed by atoms with Gasteiger partial charge in [-0.3, -0.25) is 9.59 Å². The van der Waals surface area contributed by atoms with Crippen molar-refractivity contribution < 1.29 is 19.1 Å². The van der Waals surface area contributed by atoms with E-state index in [9.17, 15) is 9.59 Å². The number of nitrogens with one attached hydrogen (secondary N) is 2. The Kier molecular flexibility index (Phi) is 7.46. The van der Waals surface area contributed by atoms with Gasteiger partial charge in [-0.2, -0.15) is 5.10 Å². The molecule has 0 heterocycles. The number of nitrogens with zero attached hydrogens (tertiary/aromatic N) is 1. The van der Waals surface area contributed by atoms with Crippen LogP contribution in [0.3, 0.4) is 0 Å². The number of amides is 2. The monoisotopic (exact) mass is 451 g/mol. The van der Waals surface area contributed by atoms with E-state index in [1.54, 1.807) is 30.3 Å². The first-order valence-corrected chi connectivity index (χ1v) is 10.0. The Hall–Kier alpha value is -3.84. The zero-order valence-electron chi connectivity index (χ0n) is 17.8. The molecule has 3 aromatic rings. The van der Waals surface area contributed by atoms with Gasteiger partial charge in [0.25, 0.3) is 11.8 Å². The lowest BCUT2D eigenvalue weighted by Crippen LogP contribution is -2.21. The maximum atomic E-state index is 12.8. The molecule has 164 valence electrons. The third-order valence-corrected chi connectivity index (χ3v) is 4.81. The number of methoxy groups -OCH3 is 2. The van der Waals surface area contributed by atoms with Crippen LogP contribution in [0.5, 0.6) is 11.5 Å². The molecule has 0 radical (unpaired) electrons. The maximum Gasteiger partial charge on any atom is 0.273 e. The first kappa shape index (κ1) is 22.8. The standard InChI is InChI=1S/C24H22ClN3O4/c1-15-4-6-16(7-5-15)14-26-28-24(30)19-13-18(25)9-10-20(19)27-23(29)17-8-11-21(31-2)22(12-17)32-3/h4-14H,1-3H3,(H,27,29)(H,28,30)/b26-14+. The molecule has 2 N–H and O–H groups in total. The maximum absolute atomic E-state index is 12.8. The van der Waals surface area contributed by atoms with E-state index >= 15 is 0 Å². The summed E-state index contributed by atoms with van der Waals surface area (Å²) in [5.41, 5.74) is 5.22. The topological polar surface area (TPSA) is 89.0 Å². The zero-order chi connectivity index (χ0) is 23.1. The smallest absolute Gasteiger partial charge is 0.273 e. The van der Waals surface area contributed by atoms with Gasteiger partial charge in [0.2, 0.25) is 0 Å². The Bertz CT molecular complexity index is 1160. The van der Waals surface area contributed by atoms with Crippen molar-refractivity contribution in [2.45, 2.75) is 6.92 Å². The molecule has 3 aromatic carbocycles. The van der Waals surface area contributed by atoms with Crippen LogP contribution in [0, 0.1) is 6.92 Å². The van der Waals surface area contributed by atoms with E-state index in [1.807, 2.05) is 31.2 Å². The van der Waals surface area contributed by atoms with Crippen LogP contribution in [-0.4, -0.2) is 32.2 Å². The molecule has 7 nitrogen and oxygen atoms in total. The van der Waals surface area contributed by atoms with Gasteiger partial charge < -0.3 is 14.8 Å². The van der Waals surface area contributed by atoms with Crippen molar-refractivity contribution in [1.29, 1.82) is 0 Å². The van der Waals surface area contributed by atoms with E-state index in [2.05, 4.69) is 15.8 Å². The second-order valence-corrected chi connectivity index (χ2v) is 7.26. The number of hydrogen-bond donors (Lipinski definition) is 2. The lowest BCUT2D eigenvalue weighted by atomic mass is 10.1. The van der Waals surface area contributed by atoms with E-state index < -0.39 is 11.8 Å². The molecule has 3 rings (SSSR count). The number of benzene rings is 3. The van der Waals surface area contributed by atoms with Gasteiger partial charge >= 0.3 is 0 Å². The molecule has 2 amide bonds. The minimum Gasteiger partial charge on any atom is -0.493 e. The Morgan fingerprint density at radius 2 is 1.62 bits per heavy atom. The van der Waals surface area contributed by atoms with E-state index in [-0.39, 0.29) is 11.3 Å². The number of aryl methyl sites for hydroxylation is 1. The zero-order valence-corrected chi connectivity index (χ0v) is 18.6.